The van der Waals surface area contributed by atoms with Crippen molar-refractivity contribution < 1.29 is 16.8 Å². The molecule has 0 aromatic heterocycles. The van der Waals surface area contributed by atoms with Crippen LogP contribution in [0.25, 0.3) is 0 Å². The first-order valence-electron chi connectivity index (χ1n) is 7.42. The van der Waals surface area contributed by atoms with Crippen LogP contribution < -0.4 is 10.5 Å². The average Bonchev–Trinajstić information content (AvgIpc) is 2.87. The molecule has 3 N–H and O–H groups in total. The SMILES string of the molecule is NS(=O)(=O)c1c(C2CCCC2)cccc1S(=O)(=O)C1CNC1. The van der Waals surface area contributed by atoms with E-state index in [0.29, 0.717) is 18.7 Å². The Morgan fingerprint density at radius 2 is 1.68 bits per heavy atom. The minimum Gasteiger partial charge on any atom is -0.314 e. The standard InChI is InChI=1S/C14H20N2O4S2/c15-22(19,20)14-12(10-4-1-2-5-10)6-3-7-13(14)21(17,18)11-8-16-9-11/h3,6-7,10-11,16H,1-2,4-5,8-9H2,(H2,15,19,20). The van der Waals surface area contributed by atoms with Gasteiger partial charge >= 0.3 is 0 Å². The number of hydrogen-bond acceptors (Lipinski definition) is 5. The molecule has 1 aromatic rings. The number of primary sulfonamides is 1. The van der Waals surface area contributed by atoms with E-state index >= 15 is 0 Å². The smallest absolute Gasteiger partial charge is 0.239 e. The fourth-order valence-corrected chi connectivity index (χ4v) is 6.57. The van der Waals surface area contributed by atoms with Gasteiger partial charge in [0.2, 0.25) is 10.0 Å². The zero-order chi connectivity index (χ0) is 16.0. The summed E-state index contributed by atoms with van der Waals surface area (Å²) >= 11 is 0. The molecule has 0 spiro atoms. The minimum atomic E-state index is -4.10. The van der Waals surface area contributed by atoms with Crippen LogP contribution >= 0.6 is 0 Å². The van der Waals surface area contributed by atoms with E-state index in [1.165, 1.54) is 6.07 Å². The highest BCUT2D eigenvalue weighted by atomic mass is 32.2. The Bertz CT molecular complexity index is 777. The molecular formula is C14H20N2O4S2. The Labute approximate surface area is 131 Å². The van der Waals surface area contributed by atoms with E-state index in [9.17, 15) is 16.8 Å². The van der Waals surface area contributed by atoms with E-state index in [-0.39, 0.29) is 15.7 Å². The molecule has 0 bridgehead atoms. The van der Waals surface area contributed by atoms with Crippen molar-refractivity contribution in [1.29, 1.82) is 0 Å². The number of nitrogens with one attached hydrogen (secondary N) is 1. The summed E-state index contributed by atoms with van der Waals surface area (Å²) in [7, 11) is -7.79. The second kappa shape index (κ2) is 5.59. The fourth-order valence-electron chi connectivity index (χ4n) is 3.28. The van der Waals surface area contributed by atoms with Crippen LogP contribution in [0.3, 0.4) is 0 Å². The first-order chi connectivity index (χ1) is 10.3. The molecule has 0 unspecified atom stereocenters. The van der Waals surface area contributed by atoms with Gasteiger partial charge in [-0.2, -0.15) is 0 Å². The molecule has 8 heteroatoms. The number of sulfonamides is 1. The molecule has 1 saturated carbocycles. The molecule has 1 aliphatic heterocycles. The molecular weight excluding hydrogens is 324 g/mol. The summed E-state index contributed by atoms with van der Waals surface area (Å²) in [4.78, 5) is -0.320. The summed E-state index contributed by atoms with van der Waals surface area (Å²) in [6.45, 7) is 0.695. The third-order valence-corrected chi connectivity index (χ3v) is 7.90. The highest BCUT2D eigenvalue weighted by Gasteiger charge is 2.38. The quantitative estimate of drug-likeness (QED) is 0.838. The minimum absolute atomic E-state index is 0.0722. The lowest BCUT2D eigenvalue weighted by Crippen LogP contribution is -2.51. The van der Waals surface area contributed by atoms with Crippen LogP contribution in [0.4, 0.5) is 0 Å². The fraction of sp³-hybridized carbons (Fsp3) is 0.571. The van der Waals surface area contributed by atoms with Gasteiger partial charge in [0, 0.05) is 13.1 Å². The van der Waals surface area contributed by atoms with Crippen molar-refractivity contribution in [3.8, 4) is 0 Å². The van der Waals surface area contributed by atoms with Gasteiger partial charge in [-0.1, -0.05) is 25.0 Å². The summed E-state index contributed by atoms with van der Waals surface area (Å²) in [5.41, 5.74) is 0.563. The molecule has 1 aromatic carbocycles. The van der Waals surface area contributed by atoms with Gasteiger partial charge in [0.25, 0.3) is 0 Å². The summed E-state index contributed by atoms with van der Waals surface area (Å²) in [5, 5.41) is 7.70. The molecule has 1 saturated heterocycles. The van der Waals surface area contributed by atoms with E-state index < -0.39 is 25.1 Å². The van der Waals surface area contributed by atoms with Crippen molar-refractivity contribution in [2.45, 2.75) is 46.6 Å². The van der Waals surface area contributed by atoms with Gasteiger partial charge < -0.3 is 5.32 Å². The zero-order valence-corrected chi connectivity index (χ0v) is 13.8. The lowest BCUT2D eigenvalue weighted by atomic mass is 9.98. The van der Waals surface area contributed by atoms with Gasteiger partial charge in [-0.3, -0.25) is 0 Å². The van der Waals surface area contributed by atoms with Crippen LogP contribution in [0.2, 0.25) is 0 Å². The van der Waals surface area contributed by atoms with Crippen molar-refractivity contribution in [1.82, 2.24) is 5.32 Å². The Morgan fingerprint density at radius 3 is 2.18 bits per heavy atom. The predicted octanol–water partition coefficient (Wildman–Crippen LogP) is 0.737. The maximum atomic E-state index is 12.7. The van der Waals surface area contributed by atoms with E-state index in [1.807, 2.05) is 0 Å². The van der Waals surface area contributed by atoms with Crippen LogP contribution in [0.1, 0.15) is 37.2 Å². The van der Waals surface area contributed by atoms with Crippen molar-refractivity contribution in [2.24, 2.45) is 5.14 Å². The van der Waals surface area contributed by atoms with Crippen LogP contribution in [-0.4, -0.2) is 35.2 Å². The molecule has 0 amide bonds. The average molecular weight is 344 g/mol. The summed E-state index contributed by atoms with van der Waals surface area (Å²) in [6.07, 6.45) is 3.80. The molecule has 0 atom stereocenters. The van der Waals surface area contributed by atoms with E-state index in [4.69, 9.17) is 5.14 Å². The molecule has 2 fully saturated rings. The summed E-state index contributed by atoms with van der Waals surface area (Å²) in [6, 6.07) is 4.70. The first-order valence-corrected chi connectivity index (χ1v) is 10.5. The maximum absolute atomic E-state index is 12.7. The van der Waals surface area contributed by atoms with Crippen molar-refractivity contribution in [3.63, 3.8) is 0 Å². The lowest BCUT2D eigenvalue weighted by Gasteiger charge is -2.28. The van der Waals surface area contributed by atoms with E-state index in [0.717, 1.165) is 25.7 Å². The second-order valence-corrected chi connectivity index (χ2v) is 9.72. The Balaban J connectivity index is 2.20. The van der Waals surface area contributed by atoms with Crippen LogP contribution in [0.15, 0.2) is 28.0 Å². The Hall–Kier alpha value is -0.960. The Kier molecular flexibility index (Phi) is 4.05. The van der Waals surface area contributed by atoms with Gasteiger partial charge in [-0.05, 0) is 30.4 Å². The third kappa shape index (κ3) is 2.68. The summed E-state index contributed by atoms with van der Waals surface area (Å²) in [5.74, 6) is 0.0722. The van der Waals surface area contributed by atoms with Gasteiger partial charge in [0.05, 0.1) is 10.1 Å². The van der Waals surface area contributed by atoms with Crippen LogP contribution in [-0.2, 0) is 19.9 Å². The van der Waals surface area contributed by atoms with Crippen molar-refractivity contribution >= 4 is 19.9 Å². The molecule has 1 aliphatic carbocycles. The zero-order valence-electron chi connectivity index (χ0n) is 12.2. The van der Waals surface area contributed by atoms with Crippen molar-refractivity contribution in [2.75, 3.05) is 13.1 Å². The topological polar surface area (TPSA) is 106 Å². The number of benzene rings is 1. The van der Waals surface area contributed by atoms with Gasteiger partial charge in [0.15, 0.2) is 9.84 Å². The van der Waals surface area contributed by atoms with Gasteiger partial charge in [0.1, 0.15) is 4.90 Å². The number of sulfone groups is 1. The highest BCUT2D eigenvalue weighted by Crippen LogP contribution is 2.39. The first kappa shape index (κ1) is 15.9. The van der Waals surface area contributed by atoms with Crippen LogP contribution in [0, 0.1) is 0 Å². The Morgan fingerprint density at radius 1 is 1.05 bits per heavy atom. The third-order valence-electron chi connectivity index (χ3n) is 4.58. The monoisotopic (exact) mass is 344 g/mol. The highest BCUT2D eigenvalue weighted by molar-refractivity contribution is 7.94. The lowest BCUT2D eigenvalue weighted by molar-refractivity contribution is 0.493. The second-order valence-electron chi connectivity index (χ2n) is 6.03. The predicted molar refractivity (Wildman–Crippen MR) is 82.9 cm³/mol. The molecule has 2 aliphatic rings. The largest absolute Gasteiger partial charge is 0.314 e. The summed E-state index contributed by atoms with van der Waals surface area (Å²) < 4.78 is 49.6. The molecule has 0 radical (unpaired) electrons. The van der Waals surface area contributed by atoms with Gasteiger partial charge in [-0.15, -0.1) is 0 Å². The molecule has 122 valence electrons. The molecule has 1 heterocycles. The molecule has 6 nitrogen and oxygen atoms in total. The van der Waals surface area contributed by atoms with E-state index in [2.05, 4.69) is 5.32 Å². The van der Waals surface area contributed by atoms with Crippen molar-refractivity contribution in [3.05, 3.63) is 23.8 Å². The maximum Gasteiger partial charge on any atom is 0.239 e. The van der Waals surface area contributed by atoms with Gasteiger partial charge in [-0.25, -0.2) is 22.0 Å². The normalized spacial score (nSPS) is 21.0. The van der Waals surface area contributed by atoms with Crippen LogP contribution in [0.5, 0.6) is 0 Å². The van der Waals surface area contributed by atoms with E-state index in [1.54, 1.807) is 12.1 Å². The number of hydrogen-bond donors (Lipinski definition) is 2. The molecule has 22 heavy (non-hydrogen) atoms. The molecule has 3 rings (SSSR count). The number of rotatable bonds is 4. The number of nitrogens with two attached hydrogens (primary N) is 1.